The van der Waals surface area contributed by atoms with Crippen LogP contribution in [0.5, 0.6) is 0 Å². The van der Waals surface area contributed by atoms with Crippen LogP contribution >= 0.6 is 11.8 Å². The number of fused-ring (bicyclic) bond motifs is 1. The highest BCUT2D eigenvalue weighted by molar-refractivity contribution is 7.99. The molecular formula is C41H55F3N10O3S2. The SMILES string of the molecule is CS(=O)(=O)N1CCc2c(c(-c3ccc(C(F)(F)F)c(SCCN4CCC(N5CCCC5)CC4)c3)nn2CC(O)CN2CCC(c3nnnn3Cc3ccccc3)CC2)C1. The van der Waals surface area contributed by atoms with E-state index in [1.54, 1.807) is 10.7 Å². The van der Waals surface area contributed by atoms with Gasteiger partial charge in [0.05, 0.1) is 36.7 Å². The van der Waals surface area contributed by atoms with Crippen molar-refractivity contribution in [3.63, 3.8) is 0 Å². The molecule has 0 bridgehead atoms. The lowest BCUT2D eigenvalue weighted by atomic mass is 9.95. The molecule has 3 fully saturated rings. The van der Waals surface area contributed by atoms with Crippen molar-refractivity contribution in [3.8, 4) is 11.3 Å². The Morgan fingerprint density at radius 3 is 2.34 bits per heavy atom. The van der Waals surface area contributed by atoms with Crippen LogP contribution in [-0.4, -0.2) is 146 Å². The average molecular weight is 857 g/mol. The van der Waals surface area contributed by atoms with E-state index in [1.165, 1.54) is 54.3 Å². The van der Waals surface area contributed by atoms with Gasteiger partial charge in [-0.2, -0.15) is 22.6 Å². The number of benzene rings is 2. The van der Waals surface area contributed by atoms with Gasteiger partial charge in [-0.3, -0.25) is 4.68 Å². The maximum Gasteiger partial charge on any atom is 0.417 e. The van der Waals surface area contributed by atoms with Crippen molar-refractivity contribution in [1.29, 1.82) is 0 Å². The number of aliphatic hydroxyl groups excluding tert-OH is 1. The number of thioether (sulfide) groups is 1. The largest absolute Gasteiger partial charge is 0.417 e. The summed E-state index contributed by atoms with van der Waals surface area (Å²) >= 11 is 1.21. The first kappa shape index (κ1) is 42.3. The summed E-state index contributed by atoms with van der Waals surface area (Å²) in [5.74, 6) is 1.58. The van der Waals surface area contributed by atoms with Crippen molar-refractivity contribution in [2.75, 3.05) is 70.9 Å². The minimum atomic E-state index is -4.53. The number of rotatable bonds is 14. The third-order valence-corrected chi connectivity index (χ3v) is 14.8. The van der Waals surface area contributed by atoms with Crippen LogP contribution in [0.3, 0.4) is 0 Å². The van der Waals surface area contributed by atoms with Gasteiger partial charge >= 0.3 is 6.18 Å². The predicted octanol–water partition coefficient (Wildman–Crippen LogP) is 4.81. The third-order valence-electron chi connectivity index (χ3n) is 12.5. The summed E-state index contributed by atoms with van der Waals surface area (Å²) in [5.41, 5.74) is 2.87. The molecule has 1 unspecified atom stereocenters. The number of hydrogen-bond acceptors (Lipinski definition) is 11. The molecule has 0 radical (unpaired) electrons. The zero-order valence-electron chi connectivity index (χ0n) is 33.7. The summed E-state index contributed by atoms with van der Waals surface area (Å²) in [6.07, 6.45) is 2.64. The molecule has 4 aliphatic rings. The van der Waals surface area contributed by atoms with Crippen LogP contribution in [0.1, 0.15) is 72.7 Å². The predicted molar refractivity (Wildman–Crippen MR) is 220 cm³/mol. The van der Waals surface area contributed by atoms with Crippen molar-refractivity contribution < 1.29 is 26.7 Å². The number of likely N-dealkylation sites (tertiary alicyclic amines) is 3. The van der Waals surface area contributed by atoms with Gasteiger partial charge in [-0.1, -0.05) is 36.4 Å². The van der Waals surface area contributed by atoms with Crippen LogP contribution < -0.4 is 0 Å². The molecule has 3 saturated heterocycles. The van der Waals surface area contributed by atoms with E-state index in [2.05, 4.69) is 42.4 Å². The normalized spacial score (nSPS) is 20.4. The zero-order chi connectivity index (χ0) is 41.1. The lowest BCUT2D eigenvalue weighted by molar-refractivity contribution is -0.139. The van der Waals surface area contributed by atoms with Crippen molar-refractivity contribution >= 4 is 21.8 Å². The van der Waals surface area contributed by atoms with Crippen LogP contribution in [0.15, 0.2) is 53.4 Å². The maximum absolute atomic E-state index is 14.4. The molecule has 13 nitrogen and oxygen atoms in total. The molecular weight excluding hydrogens is 802 g/mol. The summed E-state index contributed by atoms with van der Waals surface area (Å²) < 4.78 is 73.5. The Morgan fingerprint density at radius 1 is 0.898 bits per heavy atom. The molecule has 1 atom stereocenters. The molecule has 4 aromatic rings. The second-order valence-electron chi connectivity index (χ2n) is 16.6. The number of piperidine rings is 2. The van der Waals surface area contributed by atoms with E-state index in [0.29, 0.717) is 54.7 Å². The van der Waals surface area contributed by atoms with Crippen LogP contribution in [-0.2, 0) is 42.3 Å². The van der Waals surface area contributed by atoms with Gasteiger partial charge in [-0.25, -0.2) is 13.1 Å². The van der Waals surface area contributed by atoms with Gasteiger partial charge in [-0.05, 0) is 106 Å². The number of aromatic nitrogens is 6. The van der Waals surface area contributed by atoms with E-state index in [-0.39, 0.29) is 30.4 Å². The Bertz CT molecular complexity index is 2130. The number of alkyl halides is 3. The molecule has 6 heterocycles. The van der Waals surface area contributed by atoms with E-state index >= 15 is 0 Å². The lowest BCUT2D eigenvalue weighted by Gasteiger charge is -2.36. The second-order valence-corrected chi connectivity index (χ2v) is 19.7. The Hall–Kier alpha value is -3.39. The van der Waals surface area contributed by atoms with E-state index in [4.69, 9.17) is 5.10 Å². The number of tetrazole rings is 1. The summed E-state index contributed by atoms with van der Waals surface area (Å²) in [6, 6.07) is 14.8. The van der Waals surface area contributed by atoms with Gasteiger partial charge in [0.25, 0.3) is 0 Å². The summed E-state index contributed by atoms with van der Waals surface area (Å²) in [6.45, 7) is 7.98. The fourth-order valence-corrected chi connectivity index (χ4v) is 11.3. The Labute approximate surface area is 349 Å². The maximum atomic E-state index is 14.4. The van der Waals surface area contributed by atoms with Crippen molar-refractivity contribution in [3.05, 3.63) is 76.7 Å². The molecule has 0 saturated carbocycles. The second kappa shape index (κ2) is 18.3. The molecule has 1 N–H and O–H groups in total. The number of nitrogens with zero attached hydrogens (tertiary/aromatic N) is 10. The first-order chi connectivity index (χ1) is 28.4. The van der Waals surface area contributed by atoms with Crippen molar-refractivity contribution in [2.45, 2.75) is 93.7 Å². The number of aliphatic hydroxyl groups is 1. The first-order valence-electron chi connectivity index (χ1n) is 20.9. The van der Waals surface area contributed by atoms with Gasteiger partial charge < -0.3 is 19.8 Å². The van der Waals surface area contributed by atoms with Gasteiger partial charge in [-0.15, -0.1) is 16.9 Å². The molecule has 320 valence electrons. The molecule has 2 aromatic carbocycles. The lowest BCUT2D eigenvalue weighted by Crippen LogP contribution is -2.44. The van der Waals surface area contributed by atoms with E-state index in [1.807, 2.05) is 22.9 Å². The Kier molecular flexibility index (Phi) is 13.1. The molecule has 2 aromatic heterocycles. The summed E-state index contributed by atoms with van der Waals surface area (Å²) in [4.78, 5) is 7.32. The Balaban J connectivity index is 0.942. The highest BCUT2D eigenvalue weighted by atomic mass is 32.2. The molecule has 18 heteroatoms. The van der Waals surface area contributed by atoms with E-state index in [0.717, 1.165) is 75.0 Å². The number of sulfonamides is 1. The molecule has 0 spiro atoms. The van der Waals surface area contributed by atoms with E-state index in [9.17, 15) is 26.7 Å². The smallest absolute Gasteiger partial charge is 0.390 e. The quantitative estimate of drug-likeness (QED) is 0.176. The fraction of sp³-hybridized carbons (Fsp3) is 0.610. The highest BCUT2D eigenvalue weighted by Crippen LogP contribution is 2.40. The average Bonchev–Trinajstić information content (AvgIpc) is 4.00. The number of hydrogen-bond donors (Lipinski definition) is 1. The Morgan fingerprint density at radius 2 is 1.63 bits per heavy atom. The number of halogens is 3. The molecule has 59 heavy (non-hydrogen) atoms. The van der Waals surface area contributed by atoms with Crippen LogP contribution in [0.25, 0.3) is 11.3 Å². The molecule has 0 amide bonds. The topological polar surface area (TPSA) is 129 Å². The highest BCUT2D eigenvalue weighted by Gasteiger charge is 2.36. The minimum absolute atomic E-state index is 0.0632. The monoisotopic (exact) mass is 856 g/mol. The van der Waals surface area contributed by atoms with Crippen molar-refractivity contribution in [2.24, 2.45) is 0 Å². The summed E-state index contributed by atoms with van der Waals surface area (Å²) in [7, 11) is -3.54. The molecule has 8 rings (SSSR count). The van der Waals surface area contributed by atoms with Gasteiger partial charge in [0, 0.05) is 72.0 Å². The fourth-order valence-electron chi connectivity index (χ4n) is 9.36. The van der Waals surface area contributed by atoms with Gasteiger partial charge in [0.2, 0.25) is 10.0 Å². The first-order valence-corrected chi connectivity index (χ1v) is 23.8. The number of β-amino-alcohol motifs (C(OH)–C–C–N with tert-alkyl or cyclic N) is 1. The van der Waals surface area contributed by atoms with Crippen molar-refractivity contribution in [1.82, 2.24) is 49.0 Å². The molecule has 0 aliphatic carbocycles. The standard InChI is InChI=1S/C41H55F3N10O3S2/c1-59(56,57)52-22-15-37-35(29-52)39(32-9-10-36(41(42,43)44)38(25-32)58-24-23-49-20-13-33(14-21-49)51-16-5-6-17-51)46-53(37)28-34(55)27-50-18-11-31(12-19-50)40-45-47-48-54(40)26-30-7-3-2-4-8-30/h2-4,7-10,25,31,33-34,55H,5-6,11-24,26-29H2,1H3. The summed E-state index contributed by atoms with van der Waals surface area (Å²) in [5, 5.41) is 28.9. The van der Waals surface area contributed by atoms with E-state index < -0.39 is 27.9 Å². The minimum Gasteiger partial charge on any atom is -0.390 e. The third kappa shape index (κ3) is 10.2. The van der Waals surface area contributed by atoms with Gasteiger partial charge in [0.1, 0.15) is 0 Å². The van der Waals surface area contributed by atoms with Crippen LogP contribution in [0.4, 0.5) is 13.2 Å². The zero-order valence-corrected chi connectivity index (χ0v) is 35.3. The van der Waals surface area contributed by atoms with Crippen LogP contribution in [0, 0.1) is 0 Å². The van der Waals surface area contributed by atoms with Crippen LogP contribution in [0.2, 0.25) is 0 Å². The van der Waals surface area contributed by atoms with Gasteiger partial charge in [0.15, 0.2) is 5.82 Å². The molecule has 4 aliphatic heterocycles.